The van der Waals surface area contributed by atoms with Gasteiger partial charge in [0.2, 0.25) is 5.91 Å². The molecule has 130 valence electrons. The number of hydrogen-bond acceptors (Lipinski definition) is 4. The number of nitrogens with zero attached hydrogens (tertiary/aromatic N) is 1. The van der Waals surface area contributed by atoms with Crippen molar-refractivity contribution in [2.45, 2.75) is 51.0 Å². The summed E-state index contributed by atoms with van der Waals surface area (Å²) in [6.07, 6.45) is 4.84. The first-order valence-electron chi connectivity index (χ1n) is 8.34. The molecule has 0 aromatic heterocycles. The minimum atomic E-state index is -1.11. The average molecular weight is 326 g/mol. The van der Waals surface area contributed by atoms with Crippen molar-refractivity contribution < 1.29 is 24.6 Å². The third-order valence-corrected chi connectivity index (χ3v) is 5.34. The van der Waals surface area contributed by atoms with Gasteiger partial charge in [-0.1, -0.05) is 19.8 Å². The molecule has 7 heteroatoms. The molecule has 0 aromatic rings. The zero-order valence-corrected chi connectivity index (χ0v) is 13.6. The van der Waals surface area contributed by atoms with Gasteiger partial charge in [-0.15, -0.1) is 0 Å². The first-order valence-corrected chi connectivity index (χ1v) is 8.34. The van der Waals surface area contributed by atoms with Gasteiger partial charge >= 0.3 is 11.9 Å². The molecule has 0 bridgehead atoms. The van der Waals surface area contributed by atoms with E-state index in [1.807, 2.05) is 0 Å². The Morgan fingerprint density at radius 3 is 2.35 bits per heavy atom. The van der Waals surface area contributed by atoms with Gasteiger partial charge < -0.3 is 15.1 Å². The fraction of sp³-hybridized carbons (Fsp3) is 0.812. The Balaban J connectivity index is 2.11. The predicted molar refractivity (Wildman–Crippen MR) is 82.9 cm³/mol. The Hall–Kier alpha value is -1.63. The van der Waals surface area contributed by atoms with Crippen molar-refractivity contribution in [3.05, 3.63) is 0 Å². The third-order valence-electron chi connectivity index (χ3n) is 5.34. The van der Waals surface area contributed by atoms with E-state index in [1.165, 1.54) is 4.90 Å². The highest BCUT2D eigenvalue weighted by Gasteiger charge is 2.55. The normalized spacial score (nSPS) is 31.1. The molecule has 3 N–H and O–H groups in total. The van der Waals surface area contributed by atoms with E-state index in [9.17, 15) is 19.5 Å². The molecule has 1 atom stereocenters. The number of carbonyl (C=O) groups is 3. The Labute approximate surface area is 136 Å². The number of likely N-dealkylation sites (tertiary alicyclic amines) is 1. The van der Waals surface area contributed by atoms with Crippen LogP contribution in [0.25, 0.3) is 0 Å². The van der Waals surface area contributed by atoms with E-state index in [0.29, 0.717) is 25.3 Å². The predicted octanol–water partition coefficient (Wildman–Crippen LogP) is 0.933. The smallest absolute Gasteiger partial charge is 0.329 e. The summed E-state index contributed by atoms with van der Waals surface area (Å²) < 4.78 is 0. The van der Waals surface area contributed by atoms with Crippen LogP contribution in [0.3, 0.4) is 0 Å². The molecular formula is C16H26N2O5. The van der Waals surface area contributed by atoms with Crippen LogP contribution in [-0.4, -0.2) is 58.1 Å². The summed E-state index contributed by atoms with van der Waals surface area (Å²) in [5.74, 6) is -1.67. The second kappa shape index (κ2) is 7.29. The molecule has 1 saturated heterocycles. The molecule has 0 unspecified atom stereocenters. The van der Waals surface area contributed by atoms with Crippen molar-refractivity contribution in [3.63, 3.8) is 0 Å². The molecule has 2 aliphatic rings. The Morgan fingerprint density at radius 2 is 1.78 bits per heavy atom. The van der Waals surface area contributed by atoms with E-state index in [0.717, 1.165) is 25.7 Å². The lowest BCUT2D eigenvalue weighted by atomic mass is 9.70. The van der Waals surface area contributed by atoms with E-state index in [4.69, 9.17) is 5.11 Å². The average Bonchev–Trinajstić information content (AvgIpc) is 2.93. The van der Waals surface area contributed by atoms with Gasteiger partial charge in [-0.3, -0.25) is 14.9 Å². The van der Waals surface area contributed by atoms with E-state index >= 15 is 0 Å². The minimum absolute atomic E-state index is 0.0119. The molecular weight excluding hydrogens is 300 g/mol. The van der Waals surface area contributed by atoms with Crippen molar-refractivity contribution in [1.29, 1.82) is 0 Å². The molecule has 0 radical (unpaired) electrons. The number of hydrogen-bond donors (Lipinski definition) is 3. The van der Waals surface area contributed by atoms with Crippen molar-refractivity contribution in [1.82, 2.24) is 10.2 Å². The first-order chi connectivity index (χ1) is 10.9. The standard InChI is InChI=1S/C16H26N2O5/c1-11-3-5-12(6-4-11)16(15(22)23)7-2-8-18(16)13(19)9-17-10-14(20)21/h11-12,17H,2-10H2,1H3,(H,20,21)(H,22,23)/t11?,12?,16-/m1/s1. The highest BCUT2D eigenvalue weighted by atomic mass is 16.4. The van der Waals surface area contributed by atoms with Crippen LogP contribution in [0.5, 0.6) is 0 Å². The summed E-state index contributed by atoms with van der Waals surface area (Å²) in [7, 11) is 0. The van der Waals surface area contributed by atoms with Crippen LogP contribution in [0, 0.1) is 11.8 Å². The highest BCUT2D eigenvalue weighted by molar-refractivity contribution is 5.89. The van der Waals surface area contributed by atoms with Gasteiger partial charge in [0.05, 0.1) is 13.1 Å². The molecule has 2 fully saturated rings. The van der Waals surface area contributed by atoms with Crippen LogP contribution in [-0.2, 0) is 14.4 Å². The molecule has 1 heterocycles. The summed E-state index contributed by atoms with van der Waals surface area (Å²) in [4.78, 5) is 36.6. The SMILES string of the molecule is CC1CCC([C@@]2(C(=O)O)CCCN2C(=O)CNCC(=O)O)CC1. The number of carboxylic acids is 2. The van der Waals surface area contributed by atoms with Crippen LogP contribution in [0.4, 0.5) is 0 Å². The van der Waals surface area contributed by atoms with Gasteiger partial charge in [-0.25, -0.2) is 4.79 Å². The maximum absolute atomic E-state index is 12.5. The van der Waals surface area contributed by atoms with Crippen molar-refractivity contribution in [2.24, 2.45) is 11.8 Å². The molecule has 1 aliphatic heterocycles. The van der Waals surface area contributed by atoms with Gasteiger partial charge in [0.15, 0.2) is 0 Å². The van der Waals surface area contributed by atoms with Crippen LogP contribution < -0.4 is 5.32 Å². The van der Waals surface area contributed by atoms with E-state index in [2.05, 4.69) is 12.2 Å². The maximum atomic E-state index is 12.5. The van der Waals surface area contributed by atoms with Crippen molar-refractivity contribution in [2.75, 3.05) is 19.6 Å². The van der Waals surface area contributed by atoms with Gasteiger partial charge in [0, 0.05) is 6.54 Å². The quantitative estimate of drug-likeness (QED) is 0.670. The summed E-state index contributed by atoms with van der Waals surface area (Å²) in [6.45, 7) is 2.17. The number of carbonyl (C=O) groups excluding carboxylic acids is 1. The fourth-order valence-electron chi connectivity index (χ4n) is 4.12. The monoisotopic (exact) mass is 326 g/mol. The van der Waals surface area contributed by atoms with Gasteiger partial charge in [0.1, 0.15) is 5.54 Å². The van der Waals surface area contributed by atoms with Crippen LogP contribution in [0.15, 0.2) is 0 Å². The summed E-state index contributed by atoms with van der Waals surface area (Å²) >= 11 is 0. The number of carboxylic acid groups (broad SMARTS) is 2. The van der Waals surface area contributed by atoms with Gasteiger partial charge in [0.25, 0.3) is 0 Å². The number of amides is 1. The fourth-order valence-corrected chi connectivity index (χ4v) is 4.12. The minimum Gasteiger partial charge on any atom is -0.480 e. The van der Waals surface area contributed by atoms with Gasteiger partial charge in [-0.05, 0) is 37.5 Å². The van der Waals surface area contributed by atoms with Crippen molar-refractivity contribution in [3.8, 4) is 0 Å². The Bertz CT molecular complexity index is 473. The number of rotatable bonds is 6. The largest absolute Gasteiger partial charge is 0.480 e. The summed E-state index contributed by atoms with van der Waals surface area (Å²) in [5, 5.41) is 21.1. The molecule has 0 spiro atoms. The molecule has 1 saturated carbocycles. The van der Waals surface area contributed by atoms with E-state index in [-0.39, 0.29) is 24.9 Å². The lowest BCUT2D eigenvalue weighted by Crippen LogP contribution is -2.59. The zero-order chi connectivity index (χ0) is 17.0. The number of aliphatic carboxylic acids is 2. The van der Waals surface area contributed by atoms with E-state index in [1.54, 1.807) is 0 Å². The van der Waals surface area contributed by atoms with Crippen LogP contribution >= 0.6 is 0 Å². The number of nitrogens with one attached hydrogen (secondary N) is 1. The summed E-state index contributed by atoms with van der Waals surface area (Å²) in [5.41, 5.74) is -1.11. The Morgan fingerprint density at radius 1 is 1.13 bits per heavy atom. The van der Waals surface area contributed by atoms with Crippen LogP contribution in [0.2, 0.25) is 0 Å². The third kappa shape index (κ3) is 3.65. The van der Waals surface area contributed by atoms with E-state index < -0.39 is 17.5 Å². The molecule has 23 heavy (non-hydrogen) atoms. The molecule has 0 aromatic carbocycles. The molecule has 1 amide bonds. The second-order valence-corrected chi connectivity index (χ2v) is 6.83. The lowest BCUT2D eigenvalue weighted by Gasteiger charge is -2.43. The van der Waals surface area contributed by atoms with Gasteiger partial charge in [-0.2, -0.15) is 0 Å². The maximum Gasteiger partial charge on any atom is 0.329 e. The van der Waals surface area contributed by atoms with Crippen LogP contribution in [0.1, 0.15) is 45.4 Å². The summed E-state index contributed by atoms with van der Waals surface area (Å²) in [6, 6.07) is 0. The molecule has 2 rings (SSSR count). The topological polar surface area (TPSA) is 107 Å². The highest BCUT2D eigenvalue weighted by Crippen LogP contribution is 2.44. The zero-order valence-electron chi connectivity index (χ0n) is 13.6. The molecule has 1 aliphatic carbocycles. The lowest BCUT2D eigenvalue weighted by molar-refractivity contribution is -0.161. The second-order valence-electron chi connectivity index (χ2n) is 6.83. The first kappa shape index (κ1) is 17.7. The van der Waals surface area contributed by atoms with Crippen molar-refractivity contribution >= 4 is 17.8 Å². The Kier molecular flexibility index (Phi) is 5.62. The molecule has 7 nitrogen and oxygen atoms in total.